The summed E-state index contributed by atoms with van der Waals surface area (Å²) in [7, 11) is 0. The Kier molecular flexibility index (Phi) is 9.81. The van der Waals surface area contributed by atoms with E-state index in [0.29, 0.717) is 12.1 Å². The summed E-state index contributed by atoms with van der Waals surface area (Å²) >= 11 is 0. The standard InChI is InChI=1S/C18H26F3N3O2.ClH/c1-5-24(15(25)10-23-17(26)16(22)11(2)3)12(4)13-7-6-8-14(9-13)18(19,20)21;/h6-9,11-12,16H,5,10,22H2,1-4H3,(H,23,26);1H/t12?,16-;/m0./s1. The van der Waals surface area contributed by atoms with Crippen LogP contribution in [-0.4, -0.2) is 35.8 Å². The van der Waals surface area contributed by atoms with Gasteiger partial charge in [0.05, 0.1) is 24.2 Å². The molecule has 1 unspecified atom stereocenters. The molecule has 27 heavy (non-hydrogen) atoms. The molecule has 1 aromatic rings. The van der Waals surface area contributed by atoms with Gasteiger partial charge in [-0.2, -0.15) is 13.2 Å². The first-order valence-corrected chi connectivity index (χ1v) is 8.48. The highest BCUT2D eigenvalue weighted by atomic mass is 35.5. The number of benzene rings is 1. The number of amides is 2. The van der Waals surface area contributed by atoms with Crippen molar-refractivity contribution in [1.82, 2.24) is 10.2 Å². The summed E-state index contributed by atoms with van der Waals surface area (Å²) in [6, 6.07) is 3.60. The maximum Gasteiger partial charge on any atom is 0.416 e. The van der Waals surface area contributed by atoms with E-state index in [1.165, 1.54) is 11.0 Å². The van der Waals surface area contributed by atoms with Crippen LogP contribution in [0, 0.1) is 5.92 Å². The summed E-state index contributed by atoms with van der Waals surface area (Å²) < 4.78 is 38.7. The van der Waals surface area contributed by atoms with Crippen molar-refractivity contribution >= 4 is 24.2 Å². The van der Waals surface area contributed by atoms with Gasteiger partial charge in [0.15, 0.2) is 0 Å². The molecule has 1 rings (SSSR count). The third-order valence-corrected chi connectivity index (χ3v) is 4.26. The Morgan fingerprint density at radius 2 is 1.81 bits per heavy atom. The van der Waals surface area contributed by atoms with Gasteiger partial charge in [0.1, 0.15) is 0 Å². The molecule has 0 aliphatic heterocycles. The highest BCUT2D eigenvalue weighted by Crippen LogP contribution is 2.31. The maximum atomic E-state index is 12.9. The first kappa shape index (κ1) is 25.2. The van der Waals surface area contributed by atoms with Gasteiger partial charge in [0.2, 0.25) is 11.8 Å². The normalized spacial score (nSPS) is 13.5. The number of halogens is 4. The SMILES string of the molecule is CCN(C(=O)CNC(=O)[C@@H](N)C(C)C)C(C)c1cccc(C(F)(F)F)c1.Cl. The largest absolute Gasteiger partial charge is 0.416 e. The first-order chi connectivity index (χ1) is 12.0. The van der Waals surface area contributed by atoms with Crippen LogP contribution in [0.4, 0.5) is 13.2 Å². The average molecular weight is 410 g/mol. The van der Waals surface area contributed by atoms with Crippen molar-refractivity contribution in [3.8, 4) is 0 Å². The van der Waals surface area contributed by atoms with Gasteiger partial charge in [-0.1, -0.05) is 26.0 Å². The topological polar surface area (TPSA) is 75.4 Å². The highest BCUT2D eigenvalue weighted by molar-refractivity contribution is 5.87. The zero-order valence-corrected chi connectivity index (χ0v) is 16.7. The Morgan fingerprint density at radius 1 is 1.22 bits per heavy atom. The summed E-state index contributed by atoms with van der Waals surface area (Å²) in [5, 5.41) is 2.49. The molecule has 0 aromatic heterocycles. The molecule has 0 bridgehead atoms. The van der Waals surface area contributed by atoms with Crippen molar-refractivity contribution in [3.63, 3.8) is 0 Å². The van der Waals surface area contributed by atoms with E-state index in [9.17, 15) is 22.8 Å². The molecule has 0 aliphatic rings. The van der Waals surface area contributed by atoms with Gasteiger partial charge in [0, 0.05) is 6.54 Å². The second-order valence-electron chi connectivity index (χ2n) is 6.47. The zero-order chi connectivity index (χ0) is 20.1. The van der Waals surface area contributed by atoms with Crippen LogP contribution in [0.5, 0.6) is 0 Å². The van der Waals surface area contributed by atoms with Crippen molar-refractivity contribution in [2.24, 2.45) is 11.7 Å². The van der Waals surface area contributed by atoms with Crippen LogP contribution in [-0.2, 0) is 15.8 Å². The minimum absolute atomic E-state index is 0. The molecule has 0 spiro atoms. The number of rotatable bonds is 7. The second-order valence-corrected chi connectivity index (χ2v) is 6.47. The Balaban J connectivity index is 0.00000676. The van der Waals surface area contributed by atoms with Crippen LogP contribution in [0.2, 0.25) is 0 Å². The molecule has 2 amide bonds. The number of carbonyl (C=O) groups excluding carboxylic acids is 2. The fourth-order valence-electron chi connectivity index (χ4n) is 2.51. The van der Waals surface area contributed by atoms with Crippen molar-refractivity contribution in [1.29, 1.82) is 0 Å². The summed E-state index contributed by atoms with van der Waals surface area (Å²) in [5.74, 6) is -0.894. The lowest BCUT2D eigenvalue weighted by atomic mass is 10.0. The molecule has 2 atom stereocenters. The molecule has 154 valence electrons. The van der Waals surface area contributed by atoms with Crippen molar-refractivity contribution in [3.05, 3.63) is 35.4 Å². The summed E-state index contributed by atoms with van der Waals surface area (Å²) in [6.45, 7) is 7.00. The van der Waals surface area contributed by atoms with E-state index < -0.39 is 29.7 Å². The van der Waals surface area contributed by atoms with Crippen LogP contribution < -0.4 is 11.1 Å². The minimum atomic E-state index is -4.45. The molecule has 0 heterocycles. The molecular formula is C18H27ClF3N3O2. The number of nitrogens with two attached hydrogens (primary N) is 1. The molecule has 1 aromatic carbocycles. The van der Waals surface area contributed by atoms with Crippen LogP contribution in [0.3, 0.4) is 0 Å². The van der Waals surface area contributed by atoms with Gasteiger partial charge in [-0.15, -0.1) is 12.4 Å². The van der Waals surface area contributed by atoms with Gasteiger partial charge in [0.25, 0.3) is 0 Å². The number of nitrogens with one attached hydrogen (secondary N) is 1. The molecule has 5 nitrogen and oxygen atoms in total. The third-order valence-electron chi connectivity index (χ3n) is 4.26. The van der Waals surface area contributed by atoms with Gasteiger partial charge in [-0.25, -0.2) is 0 Å². The van der Waals surface area contributed by atoms with E-state index in [2.05, 4.69) is 5.32 Å². The van der Waals surface area contributed by atoms with E-state index >= 15 is 0 Å². The molecule has 9 heteroatoms. The number of alkyl halides is 3. The van der Waals surface area contributed by atoms with E-state index in [1.54, 1.807) is 33.8 Å². The number of likely N-dealkylation sites (N-methyl/N-ethyl adjacent to an activating group) is 1. The lowest BCUT2D eigenvalue weighted by molar-refractivity contribution is -0.137. The van der Waals surface area contributed by atoms with Crippen LogP contribution in [0.1, 0.15) is 44.9 Å². The summed E-state index contributed by atoms with van der Waals surface area (Å²) in [6.07, 6.45) is -4.45. The Hall–Kier alpha value is -1.80. The predicted octanol–water partition coefficient (Wildman–Crippen LogP) is 3.14. The predicted molar refractivity (Wildman–Crippen MR) is 100 cm³/mol. The van der Waals surface area contributed by atoms with E-state index in [4.69, 9.17) is 5.73 Å². The van der Waals surface area contributed by atoms with Crippen molar-refractivity contribution in [2.45, 2.75) is 46.0 Å². The van der Waals surface area contributed by atoms with E-state index in [-0.39, 0.29) is 30.8 Å². The second kappa shape index (κ2) is 10.5. The van der Waals surface area contributed by atoms with Crippen LogP contribution in [0.25, 0.3) is 0 Å². The van der Waals surface area contributed by atoms with Crippen LogP contribution in [0.15, 0.2) is 24.3 Å². The fourth-order valence-corrected chi connectivity index (χ4v) is 2.51. The van der Waals surface area contributed by atoms with Gasteiger partial charge >= 0.3 is 6.18 Å². The van der Waals surface area contributed by atoms with Crippen molar-refractivity contribution in [2.75, 3.05) is 13.1 Å². The Bertz CT molecular complexity index is 639. The Morgan fingerprint density at radius 3 is 2.30 bits per heavy atom. The number of hydrogen-bond acceptors (Lipinski definition) is 3. The molecule has 0 saturated heterocycles. The summed E-state index contributed by atoms with van der Waals surface area (Å²) in [4.78, 5) is 25.7. The smallest absolute Gasteiger partial charge is 0.346 e. The van der Waals surface area contributed by atoms with Gasteiger partial charge < -0.3 is 16.0 Å². The molecule has 3 N–H and O–H groups in total. The van der Waals surface area contributed by atoms with Gasteiger partial charge in [-0.05, 0) is 37.5 Å². The monoisotopic (exact) mass is 409 g/mol. The minimum Gasteiger partial charge on any atom is -0.346 e. The molecule has 0 fully saturated rings. The zero-order valence-electron chi connectivity index (χ0n) is 15.8. The lowest BCUT2D eigenvalue weighted by Gasteiger charge is -2.29. The van der Waals surface area contributed by atoms with Gasteiger partial charge in [-0.3, -0.25) is 9.59 Å². The number of nitrogens with zero attached hydrogens (tertiary/aromatic N) is 1. The summed E-state index contributed by atoms with van der Waals surface area (Å²) in [5.41, 5.74) is 5.33. The first-order valence-electron chi connectivity index (χ1n) is 8.48. The number of hydrogen-bond donors (Lipinski definition) is 2. The number of carbonyl (C=O) groups is 2. The molecular weight excluding hydrogens is 383 g/mol. The average Bonchev–Trinajstić information content (AvgIpc) is 2.58. The van der Waals surface area contributed by atoms with E-state index in [0.717, 1.165) is 12.1 Å². The quantitative estimate of drug-likeness (QED) is 0.726. The fraction of sp³-hybridized carbons (Fsp3) is 0.556. The molecule has 0 radical (unpaired) electrons. The Labute approximate surface area is 163 Å². The third kappa shape index (κ3) is 7.03. The van der Waals surface area contributed by atoms with Crippen LogP contribution >= 0.6 is 12.4 Å². The maximum absolute atomic E-state index is 12.9. The highest BCUT2D eigenvalue weighted by Gasteiger charge is 2.31. The molecule has 0 aliphatic carbocycles. The molecule has 0 saturated carbocycles. The van der Waals surface area contributed by atoms with Crippen molar-refractivity contribution < 1.29 is 22.8 Å². The van der Waals surface area contributed by atoms with E-state index in [1.807, 2.05) is 0 Å². The lowest BCUT2D eigenvalue weighted by Crippen LogP contribution is -2.48.